The predicted octanol–water partition coefficient (Wildman–Crippen LogP) is 17.4. The van der Waals surface area contributed by atoms with Gasteiger partial charge in [0.05, 0.1) is 30.3 Å². The largest absolute Gasteiger partial charge is 0.395 e. The van der Waals surface area contributed by atoms with Gasteiger partial charge in [-0.15, -0.1) is 0 Å². The molecule has 63 heavy (non-hydrogen) atoms. The van der Waals surface area contributed by atoms with E-state index in [2.05, 4.69) is 27.7 Å². The number of rotatable bonds is 53. The van der Waals surface area contributed by atoms with E-state index in [1.165, 1.54) is 186 Å². The molecule has 0 aromatic carbocycles. The molecule has 2 atom stereocenters. The van der Waals surface area contributed by atoms with E-state index in [4.69, 9.17) is 13.8 Å². The molecular weight excluding hydrogens is 827 g/mol. The summed E-state index contributed by atoms with van der Waals surface area (Å²) in [7, 11) is -5.47. The summed E-state index contributed by atoms with van der Waals surface area (Å²) in [6, 6.07) is 0. The Kier molecular flexibility index (Phi) is 48.0. The average Bonchev–Trinajstić information content (AvgIpc) is 3.27. The summed E-state index contributed by atoms with van der Waals surface area (Å²) in [6.07, 6.45) is 49.5. The molecule has 0 aromatic heterocycles. The fourth-order valence-electron chi connectivity index (χ4n) is 9.91. The Morgan fingerprint density at radius 3 is 0.984 bits per heavy atom. The molecule has 0 bridgehead atoms. The van der Waals surface area contributed by atoms with E-state index in [0.29, 0.717) is 25.9 Å². The van der Waals surface area contributed by atoms with Gasteiger partial charge in [-0.2, -0.15) is 0 Å². The third kappa shape index (κ3) is 35.3. The molecule has 0 saturated heterocycles. The zero-order chi connectivity index (χ0) is 46.4. The molecule has 0 fully saturated rings. The maximum Gasteiger partial charge on any atom is 0.327 e. The number of ether oxygens (including phenoxy) is 1. The van der Waals surface area contributed by atoms with Gasteiger partial charge < -0.3 is 38.5 Å². The van der Waals surface area contributed by atoms with Crippen molar-refractivity contribution in [2.45, 2.75) is 315 Å². The number of aliphatic hydroxyl groups is 1. The van der Waals surface area contributed by atoms with Gasteiger partial charge in [-0.05, 0) is 25.7 Å². The van der Waals surface area contributed by atoms with Gasteiger partial charge in [0.2, 0.25) is 0 Å². The molecule has 8 nitrogen and oxygen atoms in total. The number of unbranched alkanes of at least 4 members (excludes halogenated alkanes) is 36. The summed E-state index contributed by atoms with van der Waals surface area (Å²) < 4.78 is 19.2. The van der Waals surface area contributed by atoms with Crippen LogP contribution in [0.5, 0.6) is 0 Å². The topological polar surface area (TPSA) is 129 Å². The second-order valence-corrected chi connectivity index (χ2v) is 21.0. The van der Waals surface area contributed by atoms with Gasteiger partial charge in [0.1, 0.15) is 0 Å². The maximum absolute atomic E-state index is 11.8. The van der Waals surface area contributed by atoms with E-state index in [9.17, 15) is 24.7 Å². The third-order valence-electron chi connectivity index (χ3n) is 14.0. The van der Waals surface area contributed by atoms with Crippen LogP contribution in [-0.4, -0.2) is 56.2 Å². The summed E-state index contributed by atoms with van der Waals surface area (Å²) in [4.78, 5) is 41.6. The minimum absolute atomic E-state index is 0.179. The second-order valence-electron chi connectivity index (χ2n) is 19.5. The van der Waals surface area contributed by atoms with Crippen molar-refractivity contribution >= 4 is 17.2 Å². The van der Waals surface area contributed by atoms with Crippen LogP contribution in [0.25, 0.3) is 0 Å². The van der Waals surface area contributed by atoms with Gasteiger partial charge in [0.15, 0.2) is 0 Å². The van der Waals surface area contributed by atoms with Crippen molar-refractivity contribution in [3.8, 4) is 0 Å². The summed E-state index contributed by atoms with van der Waals surface area (Å²) in [5.41, 5.74) is -2.12. The zero-order valence-electron chi connectivity index (χ0n) is 42.5. The lowest BCUT2D eigenvalue weighted by atomic mass is 9.63. The van der Waals surface area contributed by atoms with Crippen LogP contribution in [0.4, 0.5) is 0 Å². The molecule has 0 aliphatic carbocycles. The molecule has 2 unspecified atom stereocenters. The van der Waals surface area contributed by atoms with Crippen LogP contribution in [0.3, 0.4) is 0 Å². The van der Waals surface area contributed by atoms with Crippen LogP contribution in [-0.2, 0) is 13.8 Å². The molecule has 0 aliphatic heterocycles. The molecule has 0 radical (unpaired) electrons. The molecule has 0 amide bonds. The van der Waals surface area contributed by atoms with Crippen molar-refractivity contribution in [1.29, 1.82) is 0 Å². The van der Waals surface area contributed by atoms with E-state index in [0.717, 1.165) is 70.6 Å². The van der Waals surface area contributed by atoms with E-state index in [-0.39, 0.29) is 13.2 Å². The van der Waals surface area contributed by atoms with Crippen molar-refractivity contribution < 1.29 is 38.5 Å². The Hall–Kier alpha value is 0.540. The smallest absolute Gasteiger partial charge is 0.327 e. The van der Waals surface area contributed by atoms with Crippen LogP contribution in [0.2, 0.25) is 0 Å². The van der Waals surface area contributed by atoms with Crippen LogP contribution < -0.4 is 0 Å². The van der Waals surface area contributed by atoms with Gasteiger partial charge in [-0.1, -0.05) is 278 Å². The lowest BCUT2D eigenvalue weighted by molar-refractivity contribution is -0.213. The summed E-state index contributed by atoms with van der Waals surface area (Å²) in [6.45, 7) is 9.05. The first-order valence-corrected chi connectivity index (χ1v) is 30.0. The summed E-state index contributed by atoms with van der Waals surface area (Å²) >= 11 is 0. The molecule has 0 rings (SSSR count). The fourth-order valence-corrected chi connectivity index (χ4v) is 10.8. The van der Waals surface area contributed by atoms with Gasteiger partial charge in [-0.3, -0.25) is 0 Å². The minimum Gasteiger partial charge on any atom is -0.395 e. The Labute approximate surface area is 395 Å². The highest BCUT2D eigenvalue weighted by atomic mass is 31.2. The molecule has 380 valence electrons. The van der Waals surface area contributed by atoms with Gasteiger partial charge in [-0.25, -0.2) is 0 Å². The zero-order valence-corrected chi connectivity index (χ0v) is 44.2. The van der Waals surface area contributed by atoms with Crippen molar-refractivity contribution in [2.75, 3.05) is 19.8 Å². The van der Waals surface area contributed by atoms with Crippen LogP contribution in [0.15, 0.2) is 0 Å². The van der Waals surface area contributed by atoms with Crippen LogP contribution in [0, 0.1) is 5.41 Å². The first kappa shape index (κ1) is 63.5. The molecule has 0 spiro atoms. The maximum atomic E-state index is 11.8. The minimum atomic E-state index is -2.75. The fraction of sp³-hybridized carbons (Fsp3) is 1.00. The lowest BCUT2D eigenvalue weighted by Gasteiger charge is -2.53. The monoisotopic (exact) mass is 937 g/mol. The molecule has 0 aliphatic rings. The Balaban J connectivity index is 6.40. The van der Waals surface area contributed by atoms with Gasteiger partial charge in [0, 0.05) is 6.61 Å². The van der Waals surface area contributed by atoms with E-state index in [1.54, 1.807) is 0 Å². The molecule has 0 aromatic rings. The Morgan fingerprint density at radius 1 is 0.381 bits per heavy atom. The molecule has 5 N–H and O–H groups in total. The van der Waals surface area contributed by atoms with Crippen LogP contribution >= 0.6 is 17.2 Å². The molecule has 0 saturated carbocycles. The van der Waals surface area contributed by atoms with Crippen molar-refractivity contribution in [2.24, 2.45) is 5.41 Å². The third-order valence-corrected chi connectivity index (χ3v) is 14.8. The Morgan fingerprint density at radius 2 is 0.683 bits per heavy atom. The molecule has 0 heterocycles. The summed E-state index contributed by atoms with van der Waals surface area (Å²) in [5, 5.41) is 11.8. The molecule has 10 heteroatoms. The number of hydrogen-bond acceptors (Lipinski definition) is 8. The highest BCUT2D eigenvalue weighted by Crippen LogP contribution is 2.52. The highest BCUT2D eigenvalue weighted by Gasteiger charge is 2.57. The summed E-state index contributed by atoms with van der Waals surface area (Å²) in [5.74, 6) is 0. The van der Waals surface area contributed by atoms with Crippen LogP contribution in [0.1, 0.15) is 304 Å². The standard InChI is InChI=1S/C53H110O8P2/c1-5-9-13-17-21-25-29-33-37-41-45-51(61-63(57)58)52(49-54,50-60-62(55)56)53(46-42-38-34-30-26-22-18-14-10-6-2,47-43-39-35-31-27-23-19-15-11-7-3)59-48-44-40-36-32-28-24-20-16-12-8-4/h51,54-58H,5-50H2,1-4H3. The highest BCUT2D eigenvalue weighted by molar-refractivity contribution is 7.39. The molecular formula is C53H110O8P2. The van der Waals surface area contributed by atoms with Crippen molar-refractivity contribution in [3.05, 3.63) is 0 Å². The first-order chi connectivity index (χ1) is 30.8. The SMILES string of the molecule is CCCCCCCCCCCCOC(CCCCCCCCCCCC)(CCCCCCCCCCCC)C(CO)(COP(O)O)C(CCCCCCCCCCCC)OP(O)O. The van der Waals surface area contributed by atoms with Gasteiger partial charge in [0.25, 0.3) is 0 Å². The lowest BCUT2D eigenvalue weighted by Crippen LogP contribution is -2.61. The van der Waals surface area contributed by atoms with Crippen molar-refractivity contribution in [1.82, 2.24) is 0 Å². The van der Waals surface area contributed by atoms with E-state index >= 15 is 0 Å². The first-order valence-electron chi connectivity index (χ1n) is 27.7. The van der Waals surface area contributed by atoms with Crippen molar-refractivity contribution in [3.63, 3.8) is 0 Å². The quantitative estimate of drug-likeness (QED) is 0.0301. The number of hydrogen-bond donors (Lipinski definition) is 5. The average molecular weight is 937 g/mol. The van der Waals surface area contributed by atoms with E-state index < -0.39 is 34.3 Å². The number of aliphatic hydroxyl groups excluding tert-OH is 1. The normalized spacial score (nSPS) is 13.8. The van der Waals surface area contributed by atoms with Gasteiger partial charge >= 0.3 is 17.2 Å². The predicted molar refractivity (Wildman–Crippen MR) is 273 cm³/mol. The Bertz CT molecular complexity index is 875. The van der Waals surface area contributed by atoms with E-state index in [1.807, 2.05) is 0 Å². The second kappa shape index (κ2) is 47.6.